The number of aryl methyl sites for hydroxylation is 1. The quantitative estimate of drug-likeness (QED) is 0.550. The number of halogens is 1. The fourth-order valence-corrected chi connectivity index (χ4v) is 4.13. The zero-order valence-electron chi connectivity index (χ0n) is 17.8. The predicted molar refractivity (Wildman–Crippen MR) is 120 cm³/mol. The maximum Gasteiger partial charge on any atom is 0.222 e. The summed E-state index contributed by atoms with van der Waals surface area (Å²) in [7, 11) is 1.65. The SMILES string of the molecule is COc1ccc(CCC(=O)N2CCC[C@@H](c3cccc(-c4cccc(F)c4)n3)C2)cc1. The Morgan fingerprint density at radius 1 is 1.13 bits per heavy atom. The number of aromatic nitrogens is 1. The first-order valence-electron chi connectivity index (χ1n) is 10.8. The number of benzene rings is 2. The number of amides is 1. The van der Waals surface area contributed by atoms with Gasteiger partial charge >= 0.3 is 0 Å². The van der Waals surface area contributed by atoms with Crippen LogP contribution in [0.3, 0.4) is 0 Å². The van der Waals surface area contributed by atoms with Crippen molar-refractivity contribution in [3.63, 3.8) is 0 Å². The first-order chi connectivity index (χ1) is 15.1. The zero-order chi connectivity index (χ0) is 21.6. The molecule has 1 aromatic heterocycles. The van der Waals surface area contributed by atoms with Gasteiger partial charge in [0.15, 0.2) is 0 Å². The lowest BCUT2D eigenvalue weighted by molar-refractivity contribution is -0.132. The highest BCUT2D eigenvalue weighted by Crippen LogP contribution is 2.28. The number of piperidine rings is 1. The molecule has 0 radical (unpaired) electrons. The minimum absolute atomic E-state index is 0.182. The van der Waals surface area contributed by atoms with Gasteiger partial charge in [-0.3, -0.25) is 9.78 Å². The van der Waals surface area contributed by atoms with Crippen LogP contribution >= 0.6 is 0 Å². The van der Waals surface area contributed by atoms with Crippen LogP contribution in [0.4, 0.5) is 4.39 Å². The lowest BCUT2D eigenvalue weighted by atomic mass is 9.93. The topological polar surface area (TPSA) is 42.4 Å². The Labute approximate surface area is 182 Å². The van der Waals surface area contributed by atoms with Gasteiger partial charge in [-0.2, -0.15) is 0 Å². The van der Waals surface area contributed by atoms with Crippen molar-refractivity contribution in [1.29, 1.82) is 0 Å². The van der Waals surface area contributed by atoms with Crippen molar-refractivity contribution in [2.75, 3.05) is 20.2 Å². The fraction of sp³-hybridized carbons (Fsp3) is 0.308. The number of pyridine rings is 1. The van der Waals surface area contributed by atoms with E-state index in [1.54, 1.807) is 13.2 Å². The monoisotopic (exact) mass is 418 g/mol. The second kappa shape index (κ2) is 9.73. The molecule has 1 aliphatic heterocycles. The molecule has 1 saturated heterocycles. The largest absolute Gasteiger partial charge is 0.497 e. The van der Waals surface area contributed by atoms with E-state index in [4.69, 9.17) is 9.72 Å². The molecule has 1 aliphatic rings. The van der Waals surface area contributed by atoms with E-state index < -0.39 is 0 Å². The molecule has 4 nitrogen and oxygen atoms in total. The third-order valence-corrected chi connectivity index (χ3v) is 5.87. The molecule has 31 heavy (non-hydrogen) atoms. The Balaban J connectivity index is 1.40. The van der Waals surface area contributed by atoms with Crippen molar-refractivity contribution < 1.29 is 13.9 Å². The molecule has 0 bridgehead atoms. The van der Waals surface area contributed by atoms with E-state index in [1.807, 2.05) is 53.4 Å². The number of carbonyl (C=O) groups is 1. The number of rotatable bonds is 6. The highest BCUT2D eigenvalue weighted by atomic mass is 19.1. The molecule has 2 heterocycles. The molecule has 1 atom stereocenters. The lowest BCUT2D eigenvalue weighted by Crippen LogP contribution is -2.39. The Hall–Kier alpha value is -3.21. The summed E-state index contributed by atoms with van der Waals surface area (Å²) in [4.78, 5) is 19.6. The van der Waals surface area contributed by atoms with Crippen molar-refractivity contribution >= 4 is 5.91 Å². The van der Waals surface area contributed by atoms with Gasteiger partial charge < -0.3 is 9.64 Å². The molecular weight excluding hydrogens is 391 g/mol. The third-order valence-electron chi connectivity index (χ3n) is 5.87. The molecule has 2 aromatic carbocycles. The second-order valence-corrected chi connectivity index (χ2v) is 7.99. The summed E-state index contributed by atoms with van der Waals surface area (Å²) in [6.07, 6.45) is 3.18. The van der Waals surface area contributed by atoms with Gasteiger partial charge in [0.2, 0.25) is 5.91 Å². The van der Waals surface area contributed by atoms with Crippen molar-refractivity contribution in [1.82, 2.24) is 9.88 Å². The summed E-state index contributed by atoms with van der Waals surface area (Å²) in [5.41, 5.74) is 3.63. The van der Waals surface area contributed by atoms with Gasteiger partial charge in [-0.05, 0) is 61.2 Å². The number of hydrogen-bond acceptors (Lipinski definition) is 3. The van der Waals surface area contributed by atoms with Crippen LogP contribution in [-0.4, -0.2) is 36.0 Å². The second-order valence-electron chi connectivity index (χ2n) is 7.99. The van der Waals surface area contributed by atoms with Crippen LogP contribution in [0.5, 0.6) is 5.75 Å². The molecule has 1 amide bonds. The highest BCUT2D eigenvalue weighted by Gasteiger charge is 2.25. The predicted octanol–water partition coefficient (Wildman–Crippen LogP) is 5.24. The Morgan fingerprint density at radius 2 is 1.94 bits per heavy atom. The van der Waals surface area contributed by atoms with Crippen molar-refractivity contribution in [3.05, 3.63) is 83.8 Å². The lowest BCUT2D eigenvalue weighted by Gasteiger charge is -2.32. The van der Waals surface area contributed by atoms with Crippen LogP contribution in [0, 0.1) is 5.82 Å². The van der Waals surface area contributed by atoms with Gasteiger partial charge in [-0.1, -0.05) is 30.3 Å². The smallest absolute Gasteiger partial charge is 0.222 e. The molecule has 1 fully saturated rings. The Morgan fingerprint density at radius 3 is 2.71 bits per heavy atom. The van der Waals surface area contributed by atoms with Gasteiger partial charge in [0.05, 0.1) is 12.8 Å². The molecule has 0 N–H and O–H groups in total. The minimum atomic E-state index is -0.268. The summed E-state index contributed by atoms with van der Waals surface area (Å²) < 4.78 is 18.8. The van der Waals surface area contributed by atoms with Crippen LogP contribution in [0.25, 0.3) is 11.3 Å². The van der Waals surface area contributed by atoms with Gasteiger partial charge in [0, 0.05) is 36.7 Å². The number of ether oxygens (including phenoxy) is 1. The van der Waals surface area contributed by atoms with Crippen molar-refractivity contribution in [2.45, 2.75) is 31.6 Å². The molecule has 3 aromatic rings. The van der Waals surface area contributed by atoms with Gasteiger partial charge in [0.25, 0.3) is 0 Å². The van der Waals surface area contributed by atoms with E-state index in [1.165, 1.54) is 12.1 Å². The number of likely N-dealkylation sites (tertiary alicyclic amines) is 1. The number of methoxy groups -OCH3 is 1. The molecular formula is C26H27FN2O2. The number of hydrogen-bond donors (Lipinski definition) is 0. The maximum absolute atomic E-state index is 13.6. The third kappa shape index (κ3) is 5.29. The average molecular weight is 419 g/mol. The van der Waals surface area contributed by atoms with E-state index in [0.717, 1.165) is 54.1 Å². The van der Waals surface area contributed by atoms with E-state index >= 15 is 0 Å². The van der Waals surface area contributed by atoms with Crippen LogP contribution in [0.2, 0.25) is 0 Å². The summed E-state index contributed by atoms with van der Waals surface area (Å²) in [5.74, 6) is 0.937. The summed E-state index contributed by atoms with van der Waals surface area (Å²) in [6, 6.07) is 20.2. The minimum Gasteiger partial charge on any atom is -0.497 e. The Bertz CT molecular complexity index is 1040. The summed E-state index contributed by atoms with van der Waals surface area (Å²) in [6.45, 7) is 1.47. The van der Waals surface area contributed by atoms with Gasteiger partial charge in [0.1, 0.15) is 11.6 Å². The first kappa shape index (κ1) is 21.0. The van der Waals surface area contributed by atoms with Crippen molar-refractivity contribution in [3.8, 4) is 17.0 Å². The van der Waals surface area contributed by atoms with Gasteiger partial charge in [-0.25, -0.2) is 4.39 Å². The van der Waals surface area contributed by atoms with Crippen LogP contribution in [0.1, 0.15) is 36.4 Å². The summed E-state index contributed by atoms with van der Waals surface area (Å²) in [5, 5.41) is 0. The van der Waals surface area contributed by atoms with E-state index in [0.29, 0.717) is 13.0 Å². The van der Waals surface area contributed by atoms with Crippen LogP contribution < -0.4 is 4.74 Å². The molecule has 0 saturated carbocycles. The number of carbonyl (C=O) groups excluding carboxylic acids is 1. The average Bonchev–Trinajstić information content (AvgIpc) is 2.83. The van der Waals surface area contributed by atoms with Gasteiger partial charge in [-0.15, -0.1) is 0 Å². The molecule has 5 heteroatoms. The zero-order valence-corrected chi connectivity index (χ0v) is 17.8. The van der Waals surface area contributed by atoms with Crippen LogP contribution in [0.15, 0.2) is 66.7 Å². The normalized spacial score (nSPS) is 16.2. The van der Waals surface area contributed by atoms with E-state index in [9.17, 15) is 9.18 Å². The fourth-order valence-electron chi connectivity index (χ4n) is 4.13. The van der Waals surface area contributed by atoms with E-state index in [2.05, 4.69) is 0 Å². The Kier molecular flexibility index (Phi) is 6.60. The molecule has 4 rings (SSSR count). The number of nitrogens with zero attached hydrogens (tertiary/aromatic N) is 2. The molecule has 0 unspecified atom stereocenters. The maximum atomic E-state index is 13.6. The molecule has 0 spiro atoms. The summed E-state index contributed by atoms with van der Waals surface area (Å²) >= 11 is 0. The molecule has 160 valence electrons. The van der Waals surface area contributed by atoms with E-state index in [-0.39, 0.29) is 17.6 Å². The van der Waals surface area contributed by atoms with Crippen molar-refractivity contribution in [2.24, 2.45) is 0 Å². The van der Waals surface area contributed by atoms with Crippen LogP contribution in [-0.2, 0) is 11.2 Å². The molecule has 0 aliphatic carbocycles. The highest BCUT2D eigenvalue weighted by molar-refractivity contribution is 5.76. The standard InChI is InChI=1S/C26H27FN2O2/c1-31-23-13-10-19(11-14-23)12-15-26(30)29-16-4-6-21(18-29)25-9-3-8-24(28-25)20-5-2-7-22(27)17-20/h2-3,5,7-11,13-14,17,21H,4,6,12,15-16,18H2,1H3/t21-/m1/s1. The first-order valence-corrected chi connectivity index (χ1v) is 10.8.